The molecule has 7 nitrogen and oxygen atoms in total. The second-order valence-corrected chi connectivity index (χ2v) is 7.57. The van der Waals surface area contributed by atoms with Crippen molar-refractivity contribution in [3.63, 3.8) is 0 Å². The number of carbonyl (C=O) groups is 1. The highest BCUT2D eigenvalue weighted by Crippen LogP contribution is 2.42. The summed E-state index contributed by atoms with van der Waals surface area (Å²) in [6, 6.07) is 17.0. The lowest BCUT2D eigenvalue weighted by atomic mass is 9.84. The average molecular weight is 438 g/mol. The molecule has 2 atom stereocenters. The Morgan fingerprint density at radius 2 is 2.00 bits per heavy atom. The third kappa shape index (κ3) is 5.36. The summed E-state index contributed by atoms with van der Waals surface area (Å²) >= 11 is 0. The zero-order valence-corrected chi connectivity index (χ0v) is 18.4. The van der Waals surface area contributed by atoms with Crippen molar-refractivity contribution in [3.05, 3.63) is 78.4 Å². The molecule has 0 fully saturated rings. The molecule has 0 radical (unpaired) electrons. The largest absolute Gasteiger partial charge is 0.494 e. The van der Waals surface area contributed by atoms with E-state index >= 15 is 0 Å². The molecule has 3 rings (SSSR count). The molecule has 0 bridgehead atoms. The molecule has 1 heterocycles. The highest BCUT2D eigenvalue weighted by Gasteiger charge is 2.52. The number of aliphatic hydroxyl groups is 1. The van der Waals surface area contributed by atoms with Crippen molar-refractivity contribution in [1.29, 1.82) is 0 Å². The van der Waals surface area contributed by atoms with Crippen LogP contribution in [-0.4, -0.2) is 42.2 Å². The van der Waals surface area contributed by atoms with Gasteiger partial charge in [-0.15, -0.1) is 6.58 Å². The highest BCUT2D eigenvalue weighted by molar-refractivity contribution is 6.01. The van der Waals surface area contributed by atoms with Crippen LogP contribution in [0.25, 0.3) is 0 Å². The summed E-state index contributed by atoms with van der Waals surface area (Å²) in [5.74, 6) is 0.825. The van der Waals surface area contributed by atoms with Gasteiger partial charge in [0.1, 0.15) is 5.75 Å². The van der Waals surface area contributed by atoms with E-state index in [2.05, 4.69) is 17.4 Å². The van der Waals surface area contributed by atoms with Gasteiger partial charge in [0.05, 0.1) is 6.61 Å². The summed E-state index contributed by atoms with van der Waals surface area (Å²) in [6.45, 7) is 7.07. The molecule has 170 valence electrons. The van der Waals surface area contributed by atoms with Gasteiger partial charge in [-0.1, -0.05) is 43.3 Å². The predicted molar refractivity (Wildman–Crippen MR) is 124 cm³/mol. The first-order valence-electron chi connectivity index (χ1n) is 10.9. The van der Waals surface area contributed by atoms with Crippen LogP contribution in [0.1, 0.15) is 43.4 Å². The third-order valence-corrected chi connectivity index (χ3v) is 5.16. The van der Waals surface area contributed by atoms with Crippen LogP contribution in [0.5, 0.6) is 5.75 Å². The van der Waals surface area contributed by atoms with Gasteiger partial charge in [-0.3, -0.25) is 10.2 Å². The summed E-state index contributed by atoms with van der Waals surface area (Å²) < 4.78 is 11.9. The van der Waals surface area contributed by atoms with Crippen LogP contribution in [-0.2, 0) is 9.53 Å². The van der Waals surface area contributed by atoms with Gasteiger partial charge in [0, 0.05) is 31.6 Å². The molecule has 0 unspecified atom stereocenters. The molecular formula is C25H31N3O4. The Bertz CT molecular complexity index is 915. The van der Waals surface area contributed by atoms with Gasteiger partial charge in [-0.05, 0) is 36.2 Å². The van der Waals surface area contributed by atoms with E-state index in [1.54, 1.807) is 6.08 Å². The summed E-state index contributed by atoms with van der Waals surface area (Å²) in [5, 5.41) is 8.90. The monoisotopic (exact) mass is 437 g/mol. The SMILES string of the molecule is C=CC[C@]1(C(=O)NNCCC)N=C(c2ccc(OCCCO)cc2)O[C@H]1c1ccccc1. The normalized spacial score (nSPS) is 19.7. The molecule has 0 aliphatic carbocycles. The van der Waals surface area contributed by atoms with Crippen molar-refractivity contribution in [3.8, 4) is 5.75 Å². The Morgan fingerprint density at radius 1 is 1.25 bits per heavy atom. The molecule has 32 heavy (non-hydrogen) atoms. The minimum absolute atomic E-state index is 0.0875. The fourth-order valence-corrected chi connectivity index (χ4v) is 3.54. The molecule has 3 N–H and O–H groups in total. The Balaban J connectivity index is 1.92. The van der Waals surface area contributed by atoms with Gasteiger partial charge in [-0.25, -0.2) is 10.4 Å². The van der Waals surface area contributed by atoms with Crippen molar-refractivity contribution in [2.24, 2.45) is 4.99 Å². The minimum Gasteiger partial charge on any atom is -0.494 e. The summed E-state index contributed by atoms with van der Waals surface area (Å²) in [7, 11) is 0. The highest BCUT2D eigenvalue weighted by atomic mass is 16.5. The van der Waals surface area contributed by atoms with Crippen LogP contribution in [0, 0.1) is 0 Å². The van der Waals surface area contributed by atoms with Crippen molar-refractivity contribution in [2.75, 3.05) is 19.8 Å². The Morgan fingerprint density at radius 3 is 2.66 bits per heavy atom. The number of amides is 1. The number of nitrogens with zero attached hydrogens (tertiary/aromatic N) is 1. The average Bonchev–Trinajstić information content (AvgIpc) is 3.21. The number of rotatable bonds is 12. The van der Waals surface area contributed by atoms with E-state index in [4.69, 9.17) is 19.6 Å². The Hall–Kier alpha value is -3.16. The van der Waals surface area contributed by atoms with Crippen molar-refractivity contribution >= 4 is 11.8 Å². The number of hydrogen-bond acceptors (Lipinski definition) is 6. The van der Waals surface area contributed by atoms with E-state index in [1.165, 1.54) is 0 Å². The van der Waals surface area contributed by atoms with E-state index in [9.17, 15) is 4.79 Å². The molecule has 0 aromatic heterocycles. The second kappa shape index (κ2) is 11.5. The summed E-state index contributed by atoms with van der Waals surface area (Å²) in [4.78, 5) is 18.2. The molecule has 1 aliphatic rings. The first-order chi connectivity index (χ1) is 15.6. The number of hydrazine groups is 1. The van der Waals surface area contributed by atoms with Crippen LogP contribution >= 0.6 is 0 Å². The van der Waals surface area contributed by atoms with Gasteiger partial charge in [0.2, 0.25) is 5.90 Å². The lowest BCUT2D eigenvalue weighted by Gasteiger charge is -2.29. The molecular weight excluding hydrogens is 406 g/mol. The maximum absolute atomic E-state index is 13.3. The number of aliphatic hydroxyl groups excluding tert-OH is 1. The minimum atomic E-state index is -1.19. The van der Waals surface area contributed by atoms with E-state index in [0.717, 1.165) is 17.5 Å². The van der Waals surface area contributed by atoms with E-state index < -0.39 is 11.6 Å². The molecule has 1 aliphatic heterocycles. The number of ether oxygens (including phenoxy) is 2. The molecule has 0 saturated heterocycles. The van der Waals surface area contributed by atoms with Crippen LogP contribution < -0.4 is 15.6 Å². The smallest absolute Gasteiger partial charge is 0.266 e. The van der Waals surface area contributed by atoms with Gasteiger partial charge in [0.25, 0.3) is 5.91 Å². The fourth-order valence-electron chi connectivity index (χ4n) is 3.54. The topological polar surface area (TPSA) is 92.2 Å². The number of nitrogens with one attached hydrogen (secondary N) is 2. The van der Waals surface area contributed by atoms with Gasteiger partial charge >= 0.3 is 0 Å². The first-order valence-corrected chi connectivity index (χ1v) is 10.9. The zero-order chi connectivity index (χ0) is 22.8. The second-order valence-electron chi connectivity index (χ2n) is 7.57. The summed E-state index contributed by atoms with van der Waals surface area (Å²) in [6.07, 6.45) is 2.87. The van der Waals surface area contributed by atoms with Crippen molar-refractivity contribution in [2.45, 2.75) is 37.8 Å². The third-order valence-electron chi connectivity index (χ3n) is 5.16. The lowest BCUT2D eigenvalue weighted by molar-refractivity contribution is -0.129. The quantitative estimate of drug-likeness (QED) is 0.269. The van der Waals surface area contributed by atoms with Crippen molar-refractivity contribution in [1.82, 2.24) is 10.9 Å². The maximum atomic E-state index is 13.3. The van der Waals surface area contributed by atoms with Crippen LogP contribution in [0.2, 0.25) is 0 Å². The molecule has 1 amide bonds. The number of carbonyl (C=O) groups excluding carboxylic acids is 1. The standard InChI is InChI=1S/C25H31N3O4/c1-3-15-25(24(30)28-26-16-4-2)22(19-9-6-5-7-10-19)32-23(27-25)20-11-13-21(14-12-20)31-18-8-17-29/h3,5-7,9-14,22,26,29H,1,4,8,15-18H2,2H3,(H,28,30)/t22-,25-/m0/s1. The number of aliphatic imine (C=N–C) groups is 1. The van der Waals surface area contributed by atoms with E-state index in [0.29, 0.717) is 37.6 Å². The first kappa shape index (κ1) is 23.5. The molecule has 0 saturated carbocycles. The molecule has 7 heteroatoms. The molecule has 2 aromatic rings. The van der Waals surface area contributed by atoms with Crippen molar-refractivity contribution < 1.29 is 19.4 Å². The van der Waals surface area contributed by atoms with E-state index in [-0.39, 0.29) is 12.5 Å². The number of benzene rings is 2. The van der Waals surface area contributed by atoms with Crippen LogP contribution in [0.3, 0.4) is 0 Å². The Labute approximate surface area is 189 Å². The van der Waals surface area contributed by atoms with Gasteiger partial charge < -0.3 is 14.6 Å². The maximum Gasteiger partial charge on any atom is 0.266 e. The van der Waals surface area contributed by atoms with Gasteiger partial charge in [0.15, 0.2) is 11.6 Å². The fraction of sp³-hybridized carbons (Fsp3) is 0.360. The summed E-state index contributed by atoms with van der Waals surface area (Å²) in [5.41, 5.74) is 6.19. The lowest BCUT2D eigenvalue weighted by Crippen LogP contribution is -2.52. The Kier molecular flexibility index (Phi) is 8.41. The number of hydrogen-bond donors (Lipinski definition) is 3. The van der Waals surface area contributed by atoms with Crippen LogP contribution in [0.4, 0.5) is 0 Å². The van der Waals surface area contributed by atoms with Crippen LogP contribution in [0.15, 0.2) is 72.2 Å². The van der Waals surface area contributed by atoms with E-state index in [1.807, 2.05) is 61.5 Å². The molecule has 2 aromatic carbocycles. The predicted octanol–water partition coefficient (Wildman–Crippen LogP) is 3.31. The van der Waals surface area contributed by atoms with Gasteiger partial charge in [-0.2, -0.15) is 0 Å². The molecule has 0 spiro atoms. The zero-order valence-electron chi connectivity index (χ0n) is 18.4.